The topological polar surface area (TPSA) is 47.3 Å². The second-order valence-electron chi connectivity index (χ2n) is 2.14. The molecule has 1 aliphatic heterocycles. The molecule has 0 bridgehead atoms. The number of ether oxygens (including phenoxy) is 1. The van der Waals surface area contributed by atoms with E-state index >= 15 is 0 Å². The van der Waals surface area contributed by atoms with Crippen molar-refractivity contribution in [2.75, 3.05) is 6.61 Å². The van der Waals surface area contributed by atoms with Crippen LogP contribution in [0.25, 0.3) is 0 Å². The molecule has 1 fully saturated rings. The van der Waals surface area contributed by atoms with Gasteiger partial charge in [0.2, 0.25) is 0 Å². The predicted octanol–water partition coefficient (Wildman–Crippen LogP) is 0.0489. The summed E-state index contributed by atoms with van der Waals surface area (Å²) in [6.07, 6.45) is 1.33. The van der Waals surface area contributed by atoms with Crippen molar-refractivity contribution in [2.45, 2.75) is 25.5 Å². The second kappa shape index (κ2) is 4.06. The van der Waals surface area contributed by atoms with Gasteiger partial charge in [-0.15, -0.1) is 12.4 Å². The molecular formula is C5H13ClN2O. The Hall–Kier alpha value is 0.170. The van der Waals surface area contributed by atoms with Gasteiger partial charge in [-0.1, -0.05) is 0 Å². The van der Waals surface area contributed by atoms with E-state index in [1.54, 1.807) is 0 Å². The van der Waals surface area contributed by atoms with Crippen LogP contribution >= 0.6 is 12.4 Å². The van der Waals surface area contributed by atoms with Gasteiger partial charge in [0.15, 0.2) is 0 Å². The highest BCUT2D eigenvalue weighted by atomic mass is 35.5. The van der Waals surface area contributed by atoms with E-state index in [1.165, 1.54) is 0 Å². The Labute approximate surface area is 61.3 Å². The van der Waals surface area contributed by atoms with Crippen LogP contribution < -0.4 is 11.3 Å². The number of halogens is 1. The van der Waals surface area contributed by atoms with Crippen LogP contribution in [0.4, 0.5) is 0 Å². The number of hydrogen-bond acceptors (Lipinski definition) is 3. The quantitative estimate of drug-likeness (QED) is 0.412. The summed E-state index contributed by atoms with van der Waals surface area (Å²) in [5.41, 5.74) is 2.69. The molecule has 0 amide bonds. The molecule has 0 aromatic rings. The molecule has 0 radical (unpaired) electrons. The maximum absolute atomic E-state index is 5.21. The van der Waals surface area contributed by atoms with Gasteiger partial charge in [0.1, 0.15) is 0 Å². The Morgan fingerprint density at radius 1 is 1.67 bits per heavy atom. The van der Waals surface area contributed by atoms with Crippen LogP contribution in [0, 0.1) is 0 Å². The molecule has 9 heavy (non-hydrogen) atoms. The molecule has 1 aliphatic rings. The lowest BCUT2D eigenvalue weighted by molar-refractivity contribution is 0.113. The van der Waals surface area contributed by atoms with Gasteiger partial charge < -0.3 is 4.74 Å². The first-order valence-corrected chi connectivity index (χ1v) is 2.92. The largest absolute Gasteiger partial charge is 0.377 e. The first kappa shape index (κ1) is 9.17. The summed E-state index contributed by atoms with van der Waals surface area (Å²) in [5, 5.41) is 0. The smallest absolute Gasteiger partial charge is 0.0714 e. The van der Waals surface area contributed by atoms with Crippen LogP contribution in [0.3, 0.4) is 0 Å². The third-order valence-electron chi connectivity index (χ3n) is 1.59. The lowest BCUT2D eigenvalue weighted by Gasteiger charge is -2.10. The van der Waals surface area contributed by atoms with Gasteiger partial charge in [-0.05, 0) is 13.3 Å². The Kier molecular flexibility index (Phi) is 4.14. The highest BCUT2D eigenvalue weighted by Crippen LogP contribution is 2.10. The number of hydrogen-bond donors (Lipinski definition) is 2. The van der Waals surface area contributed by atoms with Crippen molar-refractivity contribution < 1.29 is 4.74 Å². The number of rotatable bonds is 1. The molecule has 3 nitrogen and oxygen atoms in total. The minimum absolute atomic E-state index is 0. The van der Waals surface area contributed by atoms with E-state index in [-0.39, 0.29) is 12.4 Å². The van der Waals surface area contributed by atoms with Crippen molar-refractivity contribution in [3.8, 4) is 0 Å². The molecule has 0 aromatic heterocycles. The number of nitrogens with one attached hydrogen (secondary N) is 1. The molecule has 0 saturated carbocycles. The van der Waals surface area contributed by atoms with Crippen molar-refractivity contribution >= 4 is 12.4 Å². The van der Waals surface area contributed by atoms with Crippen molar-refractivity contribution in [3.63, 3.8) is 0 Å². The molecule has 56 valence electrons. The minimum Gasteiger partial charge on any atom is -0.377 e. The van der Waals surface area contributed by atoms with Gasteiger partial charge in [0.25, 0.3) is 0 Å². The Morgan fingerprint density at radius 2 is 2.33 bits per heavy atom. The van der Waals surface area contributed by atoms with E-state index < -0.39 is 0 Å². The standard InChI is InChI=1S/C5H12N2O.ClH/c1-4-5(7-6)2-3-8-4;/h4-5,7H,2-3,6H2,1H3;1H/t4-,5+;/m1./s1. The highest BCUT2D eigenvalue weighted by molar-refractivity contribution is 5.85. The lowest BCUT2D eigenvalue weighted by Crippen LogP contribution is -2.39. The number of nitrogens with two attached hydrogens (primary N) is 1. The van der Waals surface area contributed by atoms with Crippen LogP contribution in [-0.4, -0.2) is 18.8 Å². The Balaban J connectivity index is 0.000000640. The van der Waals surface area contributed by atoms with Crippen molar-refractivity contribution in [2.24, 2.45) is 5.84 Å². The summed E-state index contributed by atoms with van der Waals surface area (Å²) in [7, 11) is 0. The van der Waals surface area contributed by atoms with E-state index in [1.807, 2.05) is 6.92 Å². The summed E-state index contributed by atoms with van der Waals surface area (Å²) < 4.78 is 5.21. The summed E-state index contributed by atoms with van der Waals surface area (Å²) in [6.45, 7) is 2.87. The molecular weight excluding hydrogens is 140 g/mol. The van der Waals surface area contributed by atoms with Crippen LogP contribution in [-0.2, 0) is 4.74 Å². The molecule has 0 aliphatic carbocycles. The van der Waals surface area contributed by atoms with E-state index in [2.05, 4.69) is 5.43 Å². The van der Waals surface area contributed by atoms with Gasteiger partial charge in [-0.2, -0.15) is 0 Å². The minimum atomic E-state index is 0. The van der Waals surface area contributed by atoms with Gasteiger partial charge in [-0.3, -0.25) is 11.3 Å². The normalized spacial score (nSPS) is 34.0. The highest BCUT2D eigenvalue weighted by Gasteiger charge is 2.21. The first-order valence-electron chi connectivity index (χ1n) is 2.92. The van der Waals surface area contributed by atoms with Crippen LogP contribution in [0.1, 0.15) is 13.3 Å². The zero-order chi connectivity index (χ0) is 5.98. The zero-order valence-electron chi connectivity index (χ0n) is 5.46. The average Bonchev–Trinajstić information content (AvgIpc) is 2.14. The van der Waals surface area contributed by atoms with Gasteiger partial charge >= 0.3 is 0 Å². The van der Waals surface area contributed by atoms with Gasteiger partial charge in [0.05, 0.1) is 6.10 Å². The zero-order valence-corrected chi connectivity index (χ0v) is 6.28. The van der Waals surface area contributed by atoms with Crippen molar-refractivity contribution in [1.29, 1.82) is 0 Å². The fraction of sp³-hybridized carbons (Fsp3) is 1.00. The van der Waals surface area contributed by atoms with Crippen LogP contribution in [0.5, 0.6) is 0 Å². The van der Waals surface area contributed by atoms with E-state index in [4.69, 9.17) is 10.6 Å². The van der Waals surface area contributed by atoms with E-state index in [9.17, 15) is 0 Å². The molecule has 1 rings (SSSR count). The Bertz CT molecular complexity index is 81.4. The predicted molar refractivity (Wildman–Crippen MR) is 38.4 cm³/mol. The van der Waals surface area contributed by atoms with Crippen molar-refractivity contribution in [1.82, 2.24) is 5.43 Å². The molecule has 3 N–H and O–H groups in total. The summed E-state index contributed by atoms with van der Waals surface area (Å²) in [6, 6.07) is 0.370. The Morgan fingerprint density at radius 3 is 2.56 bits per heavy atom. The first-order chi connectivity index (χ1) is 3.84. The summed E-state index contributed by atoms with van der Waals surface area (Å²) >= 11 is 0. The fourth-order valence-corrected chi connectivity index (χ4v) is 0.951. The summed E-state index contributed by atoms with van der Waals surface area (Å²) in [4.78, 5) is 0. The second-order valence-corrected chi connectivity index (χ2v) is 2.14. The van der Waals surface area contributed by atoms with Crippen LogP contribution in [0.15, 0.2) is 0 Å². The third kappa shape index (κ3) is 2.10. The fourth-order valence-electron chi connectivity index (χ4n) is 0.951. The van der Waals surface area contributed by atoms with E-state index in [0.29, 0.717) is 12.1 Å². The SMILES string of the molecule is C[C@H]1OCC[C@@H]1NN.Cl. The van der Waals surface area contributed by atoms with Crippen molar-refractivity contribution in [3.05, 3.63) is 0 Å². The third-order valence-corrected chi connectivity index (χ3v) is 1.59. The molecule has 0 unspecified atom stereocenters. The molecule has 1 saturated heterocycles. The monoisotopic (exact) mass is 152 g/mol. The van der Waals surface area contributed by atoms with Crippen LogP contribution in [0.2, 0.25) is 0 Å². The average molecular weight is 153 g/mol. The molecule has 0 aromatic carbocycles. The molecule has 0 spiro atoms. The summed E-state index contributed by atoms with van der Waals surface area (Å²) in [5.74, 6) is 5.19. The molecule has 1 heterocycles. The van der Waals surface area contributed by atoms with Gasteiger partial charge in [-0.25, -0.2) is 0 Å². The maximum Gasteiger partial charge on any atom is 0.0714 e. The van der Waals surface area contributed by atoms with Gasteiger partial charge in [0, 0.05) is 12.6 Å². The molecule has 2 atom stereocenters. The van der Waals surface area contributed by atoms with E-state index in [0.717, 1.165) is 13.0 Å². The number of hydrazine groups is 1. The maximum atomic E-state index is 5.21. The lowest BCUT2D eigenvalue weighted by atomic mass is 10.2. The molecule has 4 heteroatoms.